The summed E-state index contributed by atoms with van der Waals surface area (Å²) < 4.78 is 23.4. The van der Waals surface area contributed by atoms with Gasteiger partial charge in [-0.2, -0.15) is 11.8 Å². The van der Waals surface area contributed by atoms with Crippen molar-refractivity contribution in [2.24, 2.45) is 0 Å². The SMILES string of the molecule is CCCCCCCCCCCCCCCCSCC(CCP(=O)([O-])OCC[N+](C)(C)C)OC. The molecule has 33 heavy (non-hydrogen) atoms. The van der Waals surface area contributed by atoms with Crippen molar-refractivity contribution < 1.29 is 23.2 Å². The molecule has 0 heterocycles. The van der Waals surface area contributed by atoms with Crippen LogP contribution in [0.3, 0.4) is 0 Å². The molecule has 0 aliphatic heterocycles. The molecule has 5 nitrogen and oxygen atoms in total. The smallest absolute Gasteiger partial charge is 0.135 e. The van der Waals surface area contributed by atoms with Crippen molar-refractivity contribution in [1.29, 1.82) is 0 Å². The van der Waals surface area contributed by atoms with Gasteiger partial charge in [0.05, 0.1) is 27.2 Å². The minimum absolute atomic E-state index is 0.0223. The highest BCUT2D eigenvalue weighted by Crippen LogP contribution is 2.38. The molecule has 2 unspecified atom stereocenters. The van der Waals surface area contributed by atoms with Gasteiger partial charge in [0.1, 0.15) is 20.7 Å². The average molecular weight is 510 g/mol. The largest absolute Gasteiger partial charge is 0.778 e. The molecule has 0 saturated heterocycles. The molecule has 0 aromatic carbocycles. The van der Waals surface area contributed by atoms with E-state index in [4.69, 9.17) is 9.26 Å². The van der Waals surface area contributed by atoms with Crippen LogP contribution in [0.2, 0.25) is 0 Å². The molecule has 0 aromatic heterocycles. The van der Waals surface area contributed by atoms with Crippen LogP contribution in [0, 0.1) is 0 Å². The molecule has 200 valence electrons. The topological polar surface area (TPSA) is 58.6 Å². The van der Waals surface area contributed by atoms with Crippen molar-refractivity contribution in [3.8, 4) is 0 Å². The Kier molecular flexibility index (Phi) is 22.0. The van der Waals surface area contributed by atoms with Crippen LogP contribution in [0.4, 0.5) is 0 Å². The van der Waals surface area contributed by atoms with Crippen LogP contribution in [-0.2, 0) is 13.8 Å². The van der Waals surface area contributed by atoms with Crippen molar-refractivity contribution in [3.63, 3.8) is 0 Å². The number of methoxy groups -OCH3 is 1. The number of nitrogens with zero attached hydrogens (tertiary/aromatic N) is 1. The van der Waals surface area contributed by atoms with E-state index in [-0.39, 0.29) is 18.9 Å². The second kappa shape index (κ2) is 21.7. The van der Waals surface area contributed by atoms with E-state index in [1.165, 1.54) is 89.9 Å². The molecule has 0 aliphatic rings. The first-order valence-corrected chi connectivity index (χ1v) is 16.4. The monoisotopic (exact) mass is 509 g/mol. The van der Waals surface area contributed by atoms with Gasteiger partial charge in [-0.25, -0.2) is 0 Å². The summed E-state index contributed by atoms with van der Waals surface area (Å²) in [5, 5.41) is 0. The maximum absolute atomic E-state index is 12.1. The fourth-order valence-corrected chi connectivity index (χ4v) is 5.94. The lowest BCUT2D eigenvalue weighted by atomic mass is 10.0. The van der Waals surface area contributed by atoms with Gasteiger partial charge in [-0.05, 0) is 18.6 Å². The highest BCUT2D eigenvalue weighted by atomic mass is 32.2. The quantitative estimate of drug-likeness (QED) is 0.0762. The van der Waals surface area contributed by atoms with Gasteiger partial charge < -0.3 is 23.2 Å². The van der Waals surface area contributed by atoms with Crippen LogP contribution < -0.4 is 4.89 Å². The molecule has 0 saturated carbocycles. The Labute approximate surface area is 210 Å². The molecule has 0 amide bonds. The van der Waals surface area contributed by atoms with Crippen LogP contribution in [0.15, 0.2) is 0 Å². The standard InChI is InChI=1S/C26H56NO4PS/c1-6-7-8-9-10-11-12-13-14-15-16-17-18-19-24-33-25-26(30-5)20-23-32(28,29)31-22-21-27(2,3)4/h26H,6-25H2,1-5H3. The van der Waals surface area contributed by atoms with Crippen LogP contribution in [0.1, 0.15) is 103 Å². The Bertz CT molecular complexity index is 474. The molecule has 2 atom stereocenters. The number of hydrogen-bond donors (Lipinski definition) is 0. The molecule has 0 bridgehead atoms. The zero-order valence-electron chi connectivity index (χ0n) is 22.7. The Balaban J connectivity index is 3.53. The Morgan fingerprint density at radius 3 is 1.79 bits per heavy atom. The first kappa shape index (κ1) is 33.4. The lowest BCUT2D eigenvalue weighted by Crippen LogP contribution is -2.37. The van der Waals surface area contributed by atoms with Crippen molar-refractivity contribution in [3.05, 3.63) is 0 Å². The first-order chi connectivity index (χ1) is 15.7. The average Bonchev–Trinajstić information content (AvgIpc) is 2.74. The van der Waals surface area contributed by atoms with E-state index in [0.717, 1.165) is 11.5 Å². The molecule has 0 aliphatic carbocycles. The third-order valence-electron chi connectivity index (χ3n) is 6.05. The molecule has 0 rings (SSSR count). The lowest BCUT2D eigenvalue weighted by Gasteiger charge is -2.28. The second-order valence-electron chi connectivity index (χ2n) is 10.5. The van der Waals surface area contributed by atoms with Crippen LogP contribution in [0.5, 0.6) is 0 Å². The van der Waals surface area contributed by atoms with Crippen molar-refractivity contribution in [1.82, 2.24) is 0 Å². The van der Waals surface area contributed by atoms with E-state index < -0.39 is 7.60 Å². The summed E-state index contributed by atoms with van der Waals surface area (Å²) in [6, 6.07) is 0. The maximum atomic E-state index is 12.1. The van der Waals surface area contributed by atoms with Gasteiger partial charge in [-0.15, -0.1) is 0 Å². The van der Waals surface area contributed by atoms with Gasteiger partial charge in [0.2, 0.25) is 0 Å². The van der Waals surface area contributed by atoms with Gasteiger partial charge in [-0.1, -0.05) is 90.4 Å². The maximum Gasteiger partial charge on any atom is 0.135 e. The number of hydrogen-bond acceptors (Lipinski definition) is 5. The third-order valence-corrected chi connectivity index (χ3v) is 8.62. The Morgan fingerprint density at radius 2 is 1.33 bits per heavy atom. The van der Waals surface area contributed by atoms with Crippen LogP contribution in [-0.4, -0.2) is 69.7 Å². The molecule has 0 radical (unpaired) electrons. The van der Waals surface area contributed by atoms with Crippen molar-refractivity contribution in [2.45, 2.75) is 109 Å². The predicted octanol–water partition coefficient (Wildman–Crippen LogP) is 6.88. The van der Waals surface area contributed by atoms with Crippen LogP contribution >= 0.6 is 19.4 Å². The van der Waals surface area contributed by atoms with E-state index in [0.29, 0.717) is 17.4 Å². The van der Waals surface area contributed by atoms with Gasteiger partial charge in [0, 0.05) is 19.0 Å². The van der Waals surface area contributed by atoms with Gasteiger partial charge in [0.25, 0.3) is 0 Å². The summed E-state index contributed by atoms with van der Waals surface area (Å²) in [5.74, 6) is 1.99. The lowest BCUT2D eigenvalue weighted by molar-refractivity contribution is -0.870. The summed E-state index contributed by atoms with van der Waals surface area (Å²) in [5.41, 5.74) is 0. The zero-order chi connectivity index (χ0) is 24.8. The summed E-state index contributed by atoms with van der Waals surface area (Å²) in [4.78, 5) is 12.1. The summed E-state index contributed by atoms with van der Waals surface area (Å²) in [6.07, 6.45) is 19.9. The van der Waals surface area contributed by atoms with Gasteiger partial charge in [0.15, 0.2) is 0 Å². The predicted molar refractivity (Wildman–Crippen MR) is 144 cm³/mol. The van der Waals surface area contributed by atoms with E-state index in [9.17, 15) is 9.46 Å². The molecule has 0 aromatic rings. The molecule has 7 heteroatoms. The summed E-state index contributed by atoms with van der Waals surface area (Å²) in [7, 11) is 3.97. The van der Waals surface area contributed by atoms with E-state index in [1.807, 2.05) is 32.9 Å². The number of thioether (sulfide) groups is 1. The highest BCUT2D eigenvalue weighted by Gasteiger charge is 2.16. The Hall–Kier alpha value is 0.420. The number of ether oxygens (including phenoxy) is 1. The molecule has 0 N–H and O–H groups in total. The molecular formula is C26H56NO4PS. The minimum atomic E-state index is -3.77. The van der Waals surface area contributed by atoms with E-state index >= 15 is 0 Å². The normalized spacial score (nSPS) is 15.0. The second-order valence-corrected chi connectivity index (χ2v) is 13.6. The van der Waals surface area contributed by atoms with Crippen molar-refractivity contribution >= 4 is 19.4 Å². The van der Waals surface area contributed by atoms with Gasteiger partial charge in [-0.3, -0.25) is 0 Å². The third kappa shape index (κ3) is 25.3. The summed E-state index contributed by atoms with van der Waals surface area (Å²) in [6.45, 7) is 3.20. The fraction of sp³-hybridized carbons (Fsp3) is 1.00. The van der Waals surface area contributed by atoms with E-state index in [2.05, 4.69) is 6.92 Å². The highest BCUT2D eigenvalue weighted by molar-refractivity contribution is 7.99. The number of rotatable bonds is 25. The summed E-state index contributed by atoms with van der Waals surface area (Å²) >= 11 is 1.88. The Morgan fingerprint density at radius 1 is 0.848 bits per heavy atom. The molecule has 0 spiro atoms. The van der Waals surface area contributed by atoms with E-state index in [1.54, 1.807) is 7.11 Å². The zero-order valence-corrected chi connectivity index (χ0v) is 24.4. The van der Waals surface area contributed by atoms with Crippen LogP contribution in [0.25, 0.3) is 0 Å². The first-order valence-electron chi connectivity index (χ1n) is 13.6. The number of unbranched alkanes of at least 4 members (excludes halogenated alkanes) is 13. The van der Waals surface area contributed by atoms with Gasteiger partial charge >= 0.3 is 0 Å². The molecule has 0 fully saturated rings. The van der Waals surface area contributed by atoms with Crippen molar-refractivity contribution in [2.75, 3.05) is 59.1 Å². The fourth-order valence-electron chi connectivity index (χ4n) is 3.70. The number of quaternary nitrogens is 1. The molecular weight excluding hydrogens is 453 g/mol. The number of likely N-dealkylation sites (N-methyl/N-ethyl adjacent to an activating group) is 1. The minimum Gasteiger partial charge on any atom is -0.778 e.